The van der Waals surface area contributed by atoms with E-state index in [1.807, 2.05) is 0 Å². The third kappa shape index (κ3) is 3.21. The van der Waals surface area contributed by atoms with Crippen LogP contribution < -0.4 is 4.74 Å². The quantitative estimate of drug-likeness (QED) is 0.630. The normalized spacial score (nSPS) is 10.3. The average molecular weight is 300 g/mol. The number of ether oxygens (including phenoxy) is 1. The molecule has 0 bridgehead atoms. The van der Waals surface area contributed by atoms with Gasteiger partial charge in [-0.05, 0) is 23.8 Å². The van der Waals surface area contributed by atoms with Crippen LogP contribution in [0.25, 0.3) is 0 Å². The number of hydrogen-bond donors (Lipinski definition) is 0. The molecule has 0 aliphatic rings. The molecule has 2 aromatic rings. The van der Waals surface area contributed by atoms with E-state index in [2.05, 4.69) is 0 Å². The predicted molar refractivity (Wildman–Crippen MR) is 68.8 cm³/mol. The zero-order chi connectivity index (χ0) is 14.7. The Labute approximate surface area is 117 Å². The van der Waals surface area contributed by atoms with E-state index in [9.17, 15) is 18.9 Å². The maximum absolute atomic E-state index is 13.4. The van der Waals surface area contributed by atoms with Gasteiger partial charge in [-0.25, -0.2) is 4.39 Å². The second kappa shape index (κ2) is 5.83. The van der Waals surface area contributed by atoms with Crippen LogP contribution in [0.4, 0.5) is 14.5 Å². The van der Waals surface area contributed by atoms with E-state index in [4.69, 9.17) is 16.3 Å². The molecule has 0 fully saturated rings. The third-order valence-electron chi connectivity index (χ3n) is 2.51. The summed E-state index contributed by atoms with van der Waals surface area (Å²) in [5.41, 5.74) is -0.0302. The van der Waals surface area contributed by atoms with Crippen LogP contribution in [0.2, 0.25) is 5.02 Å². The molecule has 0 spiro atoms. The van der Waals surface area contributed by atoms with Crippen molar-refractivity contribution in [3.8, 4) is 5.75 Å². The highest BCUT2D eigenvalue weighted by atomic mass is 35.5. The molecule has 0 aromatic heterocycles. The van der Waals surface area contributed by atoms with E-state index in [0.29, 0.717) is 5.56 Å². The Morgan fingerprint density at radius 1 is 1.15 bits per heavy atom. The molecule has 7 heteroatoms. The van der Waals surface area contributed by atoms with Crippen LogP contribution in [0, 0.1) is 21.7 Å². The summed E-state index contributed by atoms with van der Waals surface area (Å²) in [5, 5.41) is 10.4. The largest absolute Gasteiger partial charge is 0.489 e. The average Bonchev–Trinajstić information content (AvgIpc) is 2.40. The molecule has 20 heavy (non-hydrogen) atoms. The molecular weight excluding hydrogens is 292 g/mol. The fraction of sp³-hybridized carbons (Fsp3) is 0.0769. The highest BCUT2D eigenvalue weighted by molar-refractivity contribution is 6.30. The summed E-state index contributed by atoms with van der Waals surface area (Å²) in [6.07, 6.45) is 0. The van der Waals surface area contributed by atoms with E-state index in [1.54, 1.807) is 0 Å². The molecule has 0 unspecified atom stereocenters. The standard InChI is InChI=1S/C13H8ClF2NO3/c14-10-5-8(1-3-11(10)15)7-20-9-2-4-13(17(18)19)12(16)6-9/h1-6H,7H2. The summed E-state index contributed by atoms with van der Waals surface area (Å²) in [6, 6.07) is 7.27. The smallest absolute Gasteiger partial charge is 0.305 e. The molecule has 0 radical (unpaired) electrons. The number of rotatable bonds is 4. The molecule has 104 valence electrons. The molecule has 0 N–H and O–H groups in total. The Morgan fingerprint density at radius 2 is 1.90 bits per heavy atom. The maximum atomic E-state index is 13.4. The Bertz CT molecular complexity index is 664. The van der Waals surface area contributed by atoms with Gasteiger partial charge in [-0.2, -0.15) is 4.39 Å². The highest BCUT2D eigenvalue weighted by Crippen LogP contribution is 2.23. The molecule has 0 saturated heterocycles. The van der Waals surface area contributed by atoms with Crippen LogP contribution in [0.3, 0.4) is 0 Å². The van der Waals surface area contributed by atoms with E-state index < -0.39 is 22.2 Å². The van der Waals surface area contributed by atoms with Crippen molar-refractivity contribution in [3.05, 3.63) is 68.7 Å². The van der Waals surface area contributed by atoms with E-state index in [1.165, 1.54) is 24.3 Å². The minimum atomic E-state index is -0.982. The summed E-state index contributed by atoms with van der Waals surface area (Å²) < 4.78 is 31.6. The third-order valence-corrected chi connectivity index (χ3v) is 2.80. The summed E-state index contributed by atoms with van der Waals surface area (Å²) in [4.78, 5) is 9.64. The van der Waals surface area contributed by atoms with Crippen molar-refractivity contribution in [1.29, 1.82) is 0 Å². The first-order valence-electron chi connectivity index (χ1n) is 5.48. The zero-order valence-electron chi connectivity index (χ0n) is 9.98. The molecule has 0 heterocycles. The highest BCUT2D eigenvalue weighted by Gasteiger charge is 2.14. The van der Waals surface area contributed by atoms with Gasteiger partial charge < -0.3 is 4.74 Å². The van der Waals surface area contributed by atoms with Gasteiger partial charge in [0.25, 0.3) is 0 Å². The molecule has 0 amide bonds. The van der Waals surface area contributed by atoms with E-state index in [-0.39, 0.29) is 17.4 Å². The van der Waals surface area contributed by atoms with Crippen LogP contribution in [-0.2, 0) is 6.61 Å². The van der Waals surface area contributed by atoms with Crippen molar-refractivity contribution in [3.63, 3.8) is 0 Å². The Kier molecular flexibility index (Phi) is 4.14. The molecule has 0 atom stereocenters. The lowest BCUT2D eigenvalue weighted by Crippen LogP contribution is -1.98. The second-order valence-corrected chi connectivity index (χ2v) is 4.31. The van der Waals surface area contributed by atoms with Crippen molar-refractivity contribution in [2.24, 2.45) is 0 Å². The molecule has 0 aliphatic carbocycles. The van der Waals surface area contributed by atoms with Crippen LogP contribution in [0.5, 0.6) is 5.75 Å². The first kappa shape index (κ1) is 14.2. The molecule has 0 aliphatic heterocycles. The number of nitro benzene ring substituents is 1. The van der Waals surface area contributed by atoms with Gasteiger partial charge in [0.05, 0.1) is 9.95 Å². The van der Waals surface area contributed by atoms with Gasteiger partial charge in [-0.3, -0.25) is 10.1 Å². The predicted octanol–water partition coefficient (Wildman–Crippen LogP) is 4.11. The minimum Gasteiger partial charge on any atom is -0.489 e. The van der Waals surface area contributed by atoms with Crippen molar-refractivity contribution < 1.29 is 18.4 Å². The molecule has 2 rings (SSSR count). The lowest BCUT2D eigenvalue weighted by molar-refractivity contribution is -0.387. The zero-order valence-corrected chi connectivity index (χ0v) is 10.7. The summed E-state index contributed by atoms with van der Waals surface area (Å²) in [6.45, 7) is 0.0389. The van der Waals surface area contributed by atoms with Crippen LogP contribution in [0.15, 0.2) is 36.4 Å². The van der Waals surface area contributed by atoms with Gasteiger partial charge in [0, 0.05) is 12.1 Å². The van der Waals surface area contributed by atoms with Gasteiger partial charge in [0.1, 0.15) is 18.2 Å². The second-order valence-electron chi connectivity index (χ2n) is 3.91. The van der Waals surface area contributed by atoms with Crippen LogP contribution in [0.1, 0.15) is 5.56 Å². The Hall–Kier alpha value is -2.21. The lowest BCUT2D eigenvalue weighted by atomic mass is 10.2. The van der Waals surface area contributed by atoms with Crippen molar-refractivity contribution >= 4 is 17.3 Å². The van der Waals surface area contributed by atoms with Gasteiger partial charge in [-0.1, -0.05) is 17.7 Å². The fourth-order valence-corrected chi connectivity index (χ4v) is 1.72. The summed E-state index contributed by atoms with van der Waals surface area (Å²) in [7, 11) is 0. The molecule has 4 nitrogen and oxygen atoms in total. The Morgan fingerprint density at radius 3 is 2.50 bits per heavy atom. The molecule has 2 aromatic carbocycles. The fourth-order valence-electron chi connectivity index (χ4n) is 1.52. The van der Waals surface area contributed by atoms with Crippen molar-refractivity contribution in [1.82, 2.24) is 0 Å². The number of halogens is 3. The van der Waals surface area contributed by atoms with Crippen LogP contribution >= 0.6 is 11.6 Å². The first-order chi connectivity index (χ1) is 9.47. The van der Waals surface area contributed by atoms with Gasteiger partial charge >= 0.3 is 5.69 Å². The summed E-state index contributed by atoms with van der Waals surface area (Å²) >= 11 is 5.61. The van der Waals surface area contributed by atoms with Gasteiger partial charge in [-0.15, -0.1) is 0 Å². The van der Waals surface area contributed by atoms with E-state index in [0.717, 1.165) is 12.1 Å². The van der Waals surface area contributed by atoms with Gasteiger partial charge in [0.15, 0.2) is 0 Å². The van der Waals surface area contributed by atoms with Gasteiger partial charge in [0.2, 0.25) is 5.82 Å². The first-order valence-corrected chi connectivity index (χ1v) is 5.86. The molecular formula is C13H8ClF2NO3. The Balaban J connectivity index is 2.09. The number of nitro groups is 1. The number of benzene rings is 2. The van der Waals surface area contributed by atoms with E-state index >= 15 is 0 Å². The van der Waals surface area contributed by atoms with Crippen LogP contribution in [-0.4, -0.2) is 4.92 Å². The molecule has 0 saturated carbocycles. The summed E-state index contributed by atoms with van der Waals surface area (Å²) in [5.74, 6) is -1.39. The lowest BCUT2D eigenvalue weighted by Gasteiger charge is -2.07. The number of nitrogens with zero attached hydrogens (tertiary/aromatic N) is 1. The maximum Gasteiger partial charge on any atom is 0.305 e. The van der Waals surface area contributed by atoms with Crippen molar-refractivity contribution in [2.45, 2.75) is 6.61 Å². The monoisotopic (exact) mass is 299 g/mol. The SMILES string of the molecule is O=[N+]([O-])c1ccc(OCc2ccc(F)c(Cl)c2)cc1F. The number of hydrogen-bond acceptors (Lipinski definition) is 3. The van der Waals surface area contributed by atoms with Crippen molar-refractivity contribution in [2.75, 3.05) is 0 Å². The minimum absolute atomic E-state index is 0.0389. The topological polar surface area (TPSA) is 52.4 Å².